The SMILES string of the molecule is CCOC(=O)c1[nH]c(COC)c(Br)c1I. The van der Waals surface area contributed by atoms with E-state index in [-0.39, 0.29) is 5.97 Å². The second-order valence-corrected chi connectivity index (χ2v) is 4.63. The van der Waals surface area contributed by atoms with Gasteiger partial charge < -0.3 is 14.5 Å². The third-order valence-electron chi connectivity index (χ3n) is 1.72. The van der Waals surface area contributed by atoms with Gasteiger partial charge in [-0.25, -0.2) is 4.79 Å². The number of hydrogen-bond acceptors (Lipinski definition) is 3. The van der Waals surface area contributed by atoms with Crippen molar-refractivity contribution in [2.24, 2.45) is 0 Å². The van der Waals surface area contributed by atoms with Gasteiger partial charge in [0, 0.05) is 7.11 Å². The molecule has 0 aliphatic heterocycles. The number of ether oxygens (including phenoxy) is 2. The Bertz CT molecular complexity index is 364. The molecule has 1 rings (SSSR count). The first-order valence-electron chi connectivity index (χ1n) is 4.33. The van der Waals surface area contributed by atoms with Crippen LogP contribution in [0.5, 0.6) is 0 Å². The van der Waals surface area contributed by atoms with Crippen LogP contribution in [0.1, 0.15) is 23.1 Å². The second kappa shape index (κ2) is 5.86. The van der Waals surface area contributed by atoms with Crippen molar-refractivity contribution in [3.63, 3.8) is 0 Å². The molecule has 0 amide bonds. The molecule has 1 aromatic rings. The predicted molar refractivity (Wildman–Crippen MR) is 67.9 cm³/mol. The predicted octanol–water partition coefficient (Wildman–Crippen LogP) is 2.70. The maximum absolute atomic E-state index is 11.5. The summed E-state index contributed by atoms with van der Waals surface area (Å²) in [5.41, 5.74) is 1.31. The minimum atomic E-state index is -0.343. The maximum atomic E-state index is 11.5. The van der Waals surface area contributed by atoms with Crippen LogP contribution >= 0.6 is 38.5 Å². The summed E-state index contributed by atoms with van der Waals surface area (Å²) in [5.74, 6) is -0.343. The van der Waals surface area contributed by atoms with Gasteiger partial charge in [-0.2, -0.15) is 0 Å². The average molecular weight is 388 g/mol. The van der Waals surface area contributed by atoms with Gasteiger partial charge in [0.2, 0.25) is 0 Å². The van der Waals surface area contributed by atoms with Crippen molar-refractivity contribution in [1.29, 1.82) is 0 Å². The van der Waals surface area contributed by atoms with Gasteiger partial charge in [-0.1, -0.05) is 0 Å². The van der Waals surface area contributed by atoms with Gasteiger partial charge in [-0.15, -0.1) is 0 Å². The Morgan fingerprint density at radius 1 is 1.60 bits per heavy atom. The van der Waals surface area contributed by atoms with Crippen molar-refractivity contribution < 1.29 is 14.3 Å². The Labute approximate surface area is 110 Å². The molecule has 1 heterocycles. The fourth-order valence-corrected chi connectivity index (χ4v) is 2.18. The lowest BCUT2D eigenvalue weighted by atomic mass is 10.4. The van der Waals surface area contributed by atoms with E-state index in [0.29, 0.717) is 18.9 Å². The highest BCUT2D eigenvalue weighted by Gasteiger charge is 2.19. The number of carbonyl (C=O) groups is 1. The van der Waals surface area contributed by atoms with Gasteiger partial charge in [0.15, 0.2) is 0 Å². The summed E-state index contributed by atoms with van der Waals surface area (Å²) >= 11 is 5.48. The van der Waals surface area contributed by atoms with E-state index in [0.717, 1.165) is 13.7 Å². The average Bonchev–Trinajstić information content (AvgIpc) is 2.47. The molecule has 1 N–H and O–H groups in total. The standard InChI is InChI=1S/C9H11BrINO3/c1-3-15-9(13)8-7(11)6(10)5(12-8)4-14-2/h12H,3-4H2,1-2H3. The van der Waals surface area contributed by atoms with Crippen molar-refractivity contribution in [3.05, 3.63) is 19.4 Å². The van der Waals surface area contributed by atoms with Crippen LogP contribution in [-0.4, -0.2) is 24.7 Å². The van der Waals surface area contributed by atoms with E-state index in [1.54, 1.807) is 14.0 Å². The summed E-state index contributed by atoms with van der Waals surface area (Å²) in [5, 5.41) is 0. The smallest absolute Gasteiger partial charge is 0.355 e. The van der Waals surface area contributed by atoms with E-state index in [9.17, 15) is 4.79 Å². The summed E-state index contributed by atoms with van der Waals surface area (Å²) in [6.07, 6.45) is 0. The number of esters is 1. The number of methoxy groups -OCH3 is 1. The Morgan fingerprint density at radius 3 is 2.80 bits per heavy atom. The highest BCUT2D eigenvalue weighted by Crippen LogP contribution is 2.27. The highest BCUT2D eigenvalue weighted by atomic mass is 127. The zero-order chi connectivity index (χ0) is 11.4. The van der Waals surface area contributed by atoms with Crippen molar-refractivity contribution in [2.45, 2.75) is 13.5 Å². The number of aromatic nitrogens is 1. The quantitative estimate of drug-likeness (QED) is 0.638. The number of H-pyrrole nitrogens is 1. The molecule has 0 bridgehead atoms. The molecule has 0 aromatic carbocycles. The van der Waals surface area contributed by atoms with E-state index in [4.69, 9.17) is 9.47 Å². The lowest BCUT2D eigenvalue weighted by Gasteiger charge is -1.99. The number of aromatic amines is 1. The third kappa shape index (κ3) is 2.94. The molecular weight excluding hydrogens is 377 g/mol. The molecule has 0 saturated heterocycles. The minimum Gasteiger partial charge on any atom is -0.461 e. The molecule has 15 heavy (non-hydrogen) atoms. The van der Waals surface area contributed by atoms with Crippen molar-refractivity contribution in [1.82, 2.24) is 4.98 Å². The van der Waals surface area contributed by atoms with E-state index >= 15 is 0 Å². The molecule has 6 heteroatoms. The van der Waals surface area contributed by atoms with Crippen LogP contribution in [0.4, 0.5) is 0 Å². The number of nitrogens with one attached hydrogen (secondary N) is 1. The molecule has 0 spiro atoms. The van der Waals surface area contributed by atoms with Crippen molar-refractivity contribution in [2.75, 3.05) is 13.7 Å². The first-order chi connectivity index (χ1) is 7.11. The van der Waals surface area contributed by atoms with Gasteiger partial charge >= 0.3 is 5.97 Å². The van der Waals surface area contributed by atoms with E-state index in [1.165, 1.54) is 0 Å². The van der Waals surface area contributed by atoms with Gasteiger partial charge in [-0.05, 0) is 45.4 Å². The fraction of sp³-hybridized carbons (Fsp3) is 0.444. The first kappa shape index (κ1) is 13.0. The highest BCUT2D eigenvalue weighted by molar-refractivity contribution is 14.1. The molecule has 4 nitrogen and oxygen atoms in total. The van der Waals surface area contributed by atoms with Crippen molar-refractivity contribution in [3.8, 4) is 0 Å². The molecule has 1 aromatic heterocycles. The lowest BCUT2D eigenvalue weighted by molar-refractivity contribution is 0.0518. The molecule has 0 saturated carbocycles. The largest absolute Gasteiger partial charge is 0.461 e. The van der Waals surface area contributed by atoms with Crippen molar-refractivity contribution >= 4 is 44.5 Å². The van der Waals surface area contributed by atoms with Crippen LogP contribution in [0.3, 0.4) is 0 Å². The molecule has 0 atom stereocenters. The van der Waals surface area contributed by atoms with E-state index in [2.05, 4.69) is 43.5 Å². The number of hydrogen-bond donors (Lipinski definition) is 1. The summed E-state index contributed by atoms with van der Waals surface area (Å²) in [6, 6.07) is 0. The molecule has 84 valence electrons. The second-order valence-electron chi connectivity index (χ2n) is 2.76. The molecule has 0 radical (unpaired) electrons. The third-order valence-corrected chi connectivity index (χ3v) is 4.42. The lowest BCUT2D eigenvalue weighted by Crippen LogP contribution is -2.06. The summed E-state index contributed by atoms with van der Waals surface area (Å²) in [7, 11) is 1.60. The van der Waals surface area contributed by atoms with Crippen LogP contribution in [0.15, 0.2) is 4.47 Å². The topological polar surface area (TPSA) is 51.3 Å². The zero-order valence-corrected chi connectivity index (χ0v) is 12.1. The zero-order valence-electron chi connectivity index (χ0n) is 8.39. The fourth-order valence-electron chi connectivity index (χ4n) is 1.09. The normalized spacial score (nSPS) is 10.4. The minimum absolute atomic E-state index is 0.343. The maximum Gasteiger partial charge on any atom is 0.355 e. The molecule has 0 aliphatic carbocycles. The van der Waals surface area contributed by atoms with Gasteiger partial charge in [0.25, 0.3) is 0 Å². The summed E-state index contributed by atoms with van der Waals surface area (Å²) in [6.45, 7) is 2.57. The monoisotopic (exact) mass is 387 g/mol. The Balaban J connectivity index is 2.99. The number of rotatable bonds is 4. The van der Waals surface area contributed by atoms with Crippen LogP contribution in [-0.2, 0) is 16.1 Å². The molecule has 0 unspecified atom stereocenters. The summed E-state index contributed by atoms with van der Waals surface area (Å²) < 4.78 is 11.6. The van der Waals surface area contributed by atoms with Gasteiger partial charge in [0.1, 0.15) is 5.69 Å². The van der Waals surface area contributed by atoms with Crippen LogP contribution in [0.25, 0.3) is 0 Å². The number of halogens is 2. The Hall–Kier alpha value is -0.0800. The van der Waals surface area contributed by atoms with E-state index < -0.39 is 0 Å². The van der Waals surface area contributed by atoms with Crippen LogP contribution < -0.4 is 0 Å². The van der Waals surface area contributed by atoms with Crippen LogP contribution in [0, 0.1) is 3.57 Å². The number of carbonyl (C=O) groups excluding carboxylic acids is 1. The molecular formula is C9H11BrINO3. The van der Waals surface area contributed by atoms with Gasteiger partial charge in [-0.3, -0.25) is 0 Å². The summed E-state index contributed by atoms with van der Waals surface area (Å²) in [4.78, 5) is 14.5. The first-order valence-corrected chi connectivity index (χ1v) is 6.20. The Morgan fingerprint density at radius 2 is 2.27 bits per heavy atom. The van der Waals surface area contributed by atoms with E-state index in [1.807, 2.05) is 0 Å². The van der Waals surface area contributed by atoms with Crippen LogP contribution in [0.2, 0.25) is 0 Å². The van der Waals surface area contributed by atoms with Gasteiger partial charge in [0.05, 0.1) is 27.0 Å². The molecule has 0 fully saturated rings. The Kier molecular flexibility index (Phi) is 5.07. The molecule has 0 aliphatic rings.